The SMILES string of the molecule is C#Cc1ccccc1Nc1nc(NCCCC)nc(NCCCC)n1. The summed E-state index contributed by atoms with van der Waals surface area (Å²) in [7, 11) is 0. The molecule has 0 amide bonds. The van der Waals surface area contributed by atoms with Crippen molar-refractivity contribution in [1.29, 1.82) is 0 Å². The Morgan fingerprint density at radius 2 is 1.44 bits per heavy atom. The zero-order valence-electron chi connectivity index (χ0n) is 15.0. The van der Waals surface area contributed by atoms with Crippen LogP contribution in [0, 0.1) is 12.3 Å². The molecule has 1 aromatic heterocycles. The van der Waals surface area contributed by atoms with Crippen molar-refractivity contribution < 1.29 is 0 Å². The van der Waals surface area contributed by atoms with Crippen LogP contribution >= 0.6 is 0 Å². The van der Waals surface area contributed by atoms with Crippen molar-refractivity contribution in [3.05, 3.63) is 29.8 Å². The second-order valence-electron chi connectivity index (χ2n) is 5.68. The smallest absolute Gasteiger partial charge is 0.233 e. The zero-order chi connectivity index (χ0) is 17.9. The molecule has 0 aliphatic rings. The Balaban J connectivity index is 2.20. The Kier molecular flexibility index (Phi) is 7.51. The van der Waals surface area contributed by atoms with Crippen molar-refractivity contribution in [3.63, 3.8) is 0 Å². The molecule has 1 aromatic carbocycles. The third-order valence-electron chi connectivity index (χ3n) is 3.59. The first-order valence-electron chi connectivity index (χ1n) is 8.83. The van der Waals surface area contributed by atoms with E-state index < -0.39 is 0 Å². The number of hydrogen-bond donors (Lipinski definition) is 3. The maximum absolute atomic E-state index is 5.56. The van der Waals surface area contributed by atoms with Gasteiger partial charge in [0.05, 0.1) is 5.69 Å². The summed E-state index contributed by atoms with van der Waals surface area (Å²) in [6, 6.07) is 7.62. The van der Waals surface area contributed by atoms with Gasteiger partial charge in [-0.1, -0.05) is 44.7 Å². The Morgan fingerprint density at radius 1 is 0.880 bits per heavy atom. The van der Waals surface area contributed by atoms with Crippen LogP contribution in [0.1, 0.15) is 45.1 Å². The van der Waals surface area contributed by atoms with Crippen molar-refractivity contribution in [1.82, 2.24) is 15.0 Å². The Hall–Kier alpha value is -2.81. The molecular weight excluding hydrogens is 312 g/mol. The highest BCUT2D eigenvalue weighted by molar-refractivity contribution is 5.64. The third-order valence-corrected chi connectivity index (χ3v) is 3.59. The molecule has 0 unspecified atom stereocenters. The quantitative estimate of drug-likeness (QED) is 0.449. The Morgan fingerprint density at radius 3 is 2.00 bits per heavy atom. The molecule has 0 atom stereocenters. The van der Waals surface area contributed by atoms with Crippen LogP contribution in [0.4, 0.5) is 23.5 Å². The fourth-order valence-corrected chi connectivity index (χ4v) is 2.18. The van der Waals surface area contributed by atoms with Crippen molar-refractivity contribution in [2.75, 3.05) is 29.0 Å². The lowest BCUT2D eigenvalue weighted by Gasteiger charge is -2.12. The average Bonchev–Trinajstić information content (AvgIpc) is 2.62. The molecule has 0 aliphatic carbocycles. The highest BCUT2D eigenvalue weighted by Crippen LogP contribution is 2.19. The van der Waals surface area contributed by atoms with Gasteiger partial charge in [0.1, 0.15) is 0 Å². The van der Waals surface area contributed by atoms with E-state index in [4.69, 9.17) is 6.42 Å². The standard InChI is InChI=1S/C19H26N6/c1-4-7-13-20-17-23-18(21-14-8-5-2)25-19(24-17)22-16-12-10-9-11-15(16)6-3/h3,9-12H,4-5,7-8,13-14H2,1-2H3,(H3,20,21,22,23,24,25). The van der Waals surface area contributed by atoms with E-state index in [0.717, 1.165) is 50.0 Å². The molecule has 0 radical (unpaired) electrons. The number of hydrogen-bond acceptors (Lipinski definition) is 6. The van der Waals surface area contributed by atoms with Crippen molar-refractivity contribution >= 4 is 23.5 Å². The van der Waals surface area contributed by atoms with E-state index in [1.165, 1.54) is 0 Å². The van der Waals surface area contributed by atoms with Crippen LogP contribution in [0.15, 0.2) is 24.3 Å². The van der Waals surface area contributed by atoms with Crippen LogP contribution in [0.2, 0.25) is 0 Å². The number of nitrogens with one attached hydrogen (secondary N) is 3. The van der Waals surface area contributed by atoms with E-state index in [0.29, 0.717) is 17.8 Å². The predicted molar refractivity (Wildman–Crippen MR) is 104 cm³/mol. The van der Waals surface area contributed by atoms with E-state index in [1.54, 1.807) is 0 Å². The fraction of sp³-hybridized carbons (Fsp3) is 0.421. The van der Waals surface area contributed by atoms with Gasteiger partial charge in [-0.15, -0.1) is 6.42 Å². The third kappa shape index (κ3) is 5.96. The maximum Gasteiger partial charge on any atom is 0.233 e. The number of terminal acetylenes is 1. The predicted octanol–water partition coefficient (Wildman–Crippen LogP) is 4.02. The highest BCUT2D eigenvalue weighted by Gasteiger charge is 2.08. The molecule has 25 heavy (non-hydrogen) atoms. The molecule has 6 nitrogen and oxygen atoms in total. The van der Waals surface area contributed by atoms with E-state index in [9.17, 15) is 0 Å². The number of nitrogens with zero attached hydrogens (tertiary/aromatic N) is 3. The van der Waals surface area contributed by atoms with Gasteiger partial charge in [-0.25, -0.2) is 0 Å². The van der Waals surface area contributed by atoms with Crippen LogP contribution in [-0.4, -0.2) is 28.0 Å². The lowest BCUT2D eigenvalue weighted by molar-refractivity contribution is 0.816. The van der Waals surface area contributed by atoms with Gasteiger partial charge < -0.3 is 16.0 Å². The summed E-state index contributed by atoms with van der Waals surface area (Å²) in [4.78, 5) is 13.3. The minimum atomic E-state index is 0.468. The number of unbranched alkanes of at least 4 members (excludes halogenated alkanes) is 2. The summed E-state index contributed by atoms with van der Waals surface area (Å²) in [5, 5.41) is 9.70. The summed E-state index contributed by atoms with van der Waals surface area (Å²) in [6.45, 7) is 5.96. The molecule has 2 aromatic rings. The normalized spacial score (nSPS) is 10.1. The van der Waals surface area contributed by atoms with Gasteiger partial charge in [0.2, 0.25) is 17.8 Å². The maximum atomic E-state index is 5.56. The molecule has 1 heterocycles. The minimum absolute atomic E-state index is 0.468. The fourth-order valence-electron chi connectivity index (χ4n) is 2.18. The van der Waals surface area contributed by atoms with Gasteiger partial charge in [-0.3, -0.25) is 0 Å². The molecule has 6 heteroatoms. The monoisotopic (exact) mass is 338 g/mol. The number of para-hydroxylation sites is 1. The minimum Gasteiger partial charge on any atom is -0.354 e. The Bertz CT molecular complexity index is 679. The molecule has 0 saturated carbocycles. The number of aromatic nitrogens is 3. The zero-order valence-corrected chi connectivity index (χ0v) is 15.0. The number of anilines is 4. The molecular formula is C19H26N6. The van der Waals surface area contributed by atoms with Gasteiger partial charge in [-0.2, -0.15) is 15.0 Å². The highest BCUT2D eigenvalue weighted by atomic mass is 15.3. The first-order valence-corrected chi connectivity index (χ1v) is 8.83. The van der Waals surface area contributed by atoms with Gasteiger partial charge in [0.15, 0.2) is 0 Å². The second-order valence-corrected chi connectivity index (χ2v) is 5.68. The van der Waals surface area contributed by atoms with E-state index >= 15 is 0 Å². The average molecular weight is 338 g/mol. The number of benzene rings is 1. The topological polar surface area (TPSA) is 74.8 Å². The summed E-state index contributed by atoms with van der Waals surface area (Å²) < 4.78 is 0. The number of rotatable bonds is 10. The van der Waals surface area contributed by atoms with Gasteiger partial charge >= 0.3 is 0 Å². The summed E-state index contributed by atoms with van der Waals surface area (Å²) in [5.74, 6) is 4.25. The summed E-state index contributed by atoms with van der Waals surface area (Å²) in [6.07, 6.45) is 9.91. The first kappa shape index (κ1) is 18.5. The van der Waals surface area contributed by atoms with Crippen LogP contribution < -0.4 is 16.0 Å². The van der Waals surface area contributed by atoms with E-state index in [1.807, 2.05) is 24.3 Å². The molecule has 132 valence electrons. The van der Waals surface area contributed by atoms with Gasteiger partial charge in [-0.05, 0) is 25.0 Å². The molecule has 0 fully saturated rings. The molecule has 0 bridgehead atoms. The van der Waals surface area contributed by atoms with Gasteiger partial charge in [0.25, 0.3) is 0 Å². The largest absolute Gasteiger partial charge is 0.354 e. The van der Waals surface area contributed by atoms with Crippen LogP contribution in [0.25, 0.3) is 0 Å². The molecule has 0 saturated heterocycles. The lowest BCUT2D eigenvalue weighted by Crippen LogP contribution is -2.12. The molecule has 3 N–H and O–H groups in total. The molecule has 0 spiro atoms. The second kappa shape index (κ2) is 10.1. The van der Waals surface area contributed by atoms with Crippen molar-refractivity contribution in [3.8, 4) is 12.3 Å². The van der Waals surface area contributed by atoms with E-state index in [2.05, 4.69) is 50.7 Å². The first-order chi connectivity index (χ1) is 12.3. The van der Waals surface area contributed by atoms with Crippen molar-refractivity contribution in [2.24, 2.45) is 0 Å². The molecule has 0 aliphatic heterocycles. The molecule has 2 rings (SSSR count). The summed E-state index contributed by atoms with van der Waals surface area (Å²) in [5.41, 5.74) is 1.57. The van der Waals surface area contributed by atoms with Crippen LogP contribution in [0.5, 0.6) is 0 Å². The summed E-state index contributed by atoms with van der Waals surface area (Å²) >= 11 is 0. The van der Waals surface area contributed by atoms with Gasteiger partial charge in [0, 0.05) is 18.7 Å². The Labute approximate surface area is 149 Å². The lowest BCUT2D eigenvalue weighted by atomic mass is 10.2. The van der Waals surface area contributed by atoms with Crippen LogP contribution in [0.3, 0.4) is 0 Å². The van der Waals surface area contributed by atoms with Crippen molar-refractivity contribution in [2.45, 2.75) is 39.5 Å². The van der Waals surface area contributed by atoms with E-state index in [-0.39, 0.29) is 0 Å². The van der Waals surface area contributed by atoms with Crippen LogP contribution in [-0.2, 0) is 0 Å².